The molecule has 0 aliphatic carbocycles. The second kappa shape index (κ2) is 3.66. The van der Waals surface area contributed by atoms with Crippen LogP contribution in [0.25, 0.3) is 5.69 Å². The molecule has 0 unspecified atom stereocenters. The van der Waals surface area contributed by atoms with Crippen LogP contribution in [0.15, 0.2) is 29.1 Å². The summed E-state index contributed by atoms with van der Waals surface area (Å²) in [6.45, 7) is 0.0626. The molecule has 0 atom stereocenters. The smallest absolute Gasteiger partial charge is 0.324 e. The first-order chi connectivity index (χ1) is 7.24. The Bertz CT molecular complexity index is 531. The molecular formula is C9H9FN4O. The summed E-state index contributed by atoms with van der Waals surface area (Å²) >= 11 is 0. The molecule has 78 valence electrons. The van der Waals surface area contributed by atoms with Crippen molar-refractivity contribution in [2.45, 2.75) is 6.54 Å². The number of benzene rings is 1. The van der Waals surface area contributed by atoms with Crippen molar-refractivity contribution < 1.29 is 4.39 Å². The van der Waals surface area contributed by atoms with Gasteiger partial charge in [0.2, 0.25) is 0 Å². The predicted molar refractivity (Wildman–Crippen MR) is 52.0 cm³/mol. The summed E-state index contributed by atoms with van der Waals surface area (Å²) < 4.78 is 14.5. The van der Waals surface area contributed by atoms with Crippen LogP contribution < -0.4 is 11.4 Å². The lowest BCUT2D eigenvalue weighted by Gasteiger charge is -2.04. The number of hydrogen-bond acceptors (Lipinski definition) is 3. The Balaban J connectivity index is 2.68. The first-order valence-corrected chi connectivity index (χ1v) is 4.35. The van der Waals surface area contributed by atoms with Gasteiger partial charge in [0.1, 0.15) is 5.82 Å². The minimum Gasteiger partial charge on any atom is -0.324 e. The first kappa shape index (κ1) is 9.60. The maximum Gasteiger partial charge on any atom is 0.348 e. The standard InChI is InChI=1S/C9H9FN4O/c10-6-3-1-2-4-7(6)14-8(5-11)12-13-9(14)15/h1-4H,5,11H2,(H,13,15). The normalized spacial score (nSPS) is 10.5. The zero-order valence-electron chi connectivity index (χ0n) is 7.77. The van der Waals surface area contributed by atoms with Gasteiger partial charge < -0.3 is 5.73 Å². The van der Waals surface area contributed by atoms with Gasteiger partial charge >= 0.3 is 5.69 Å². The number of para-hydroxylation sites is 1. The van der Waals surface area contributed by atoms with Crippen molar-refractivity contribution in [3.8, 4) is 5.69 Å². The summed E-state index contributed by atoms with van der Waals surface area (Å²) in [5, 5.41) is 5.91. The van der Waals surface area contributed by atoms with E-state index in [-0.39, 0.29) is 12.2 Å². The Morgan fingerprint density at radius 1 is 1.47 bits per heavy atom. The largest absolute Gasteiger partial charge is 0.348 e. The molecular weight excluding hydrogens is 199 g/mol. The second-order valence-corrected chi connectivity index (χ2v) is 2.94. The van der Waals surface area contributed by atoms with Crippen molar-refractivity contribution in [3.63, 3.8) is 0 Å². The Morgan fingerprint density at radius 3 is 2.87 bits per heavy atom. The van der Waals surface area contributed by atoms with Gasteiger partial charge in [0.25, 0.3) is 0 Å². The minimum atomic E-state index is -0.499. The van der Waals surface area contributed by atoms with Gasteiger partial charge in [-0.25, -0.2) is 18.9 Å². The van der Waals surface area contributed by atoms with Gasteiger partial charge in [0, 0.05) is 0 Å². The van der Waals surface area contributed by atoms with E-state index in [9.17, 15) is 9.18 Å². The Labute approximate surface area is 84.3 Å². The van der Waals surface area contributed by atoms with Gasteiger partial charge in [0.15, 0.2) is 5.82 Å². The zero-order chi connectivity index (χ0) is 10.8. The van der Waals surface area contributed by atoms with Gasteiger partial charge in [-0.2, -0.15) is 5.10 Å². The zero-order valence-corrected chi connectivity index (χ0v) is 7.77. The highest BCUT2D eigenvalue weighted by Crippen LogP contribution is 2.11. The van der Waals surface area contributed by atoms with Gasteiger partial charge in [-0.3, -0.25) is 0 Å². The van der Waals surface area contributed by atoms with Gasteiger partial charge in [-0.05, 0) is 12.1 Å². The molecule has 0 aliphatic rings. The number of nitrogens with zero attached hydrogens (tertiary/aromatic N) is 2. The van der Waals surface area contributed by atoms with E-state index in [0.29, 0.717) is 5.82 Å². The van der Waals surface area contributed by atoms with Crippen molar-refractivity contribution in [1.82, 2.24) is 14.8 Å². The van der Waals surface area contributed by atoms with Crippen molar-refractivity contribution in [2.24, 2.45) is 5.73 Å². The molecule has 5 nitrogen and oxygen atoms in total. The average Bonchev–Trinajstić information content (AvgIpc) is 2.60. The molecule has 0 saturated carbocycles. The number of H-pyrrole nitrogens is 1. The number of nitrogens with one attached hydrogen (secondary N) is 1. The van der Waals surface area contributed by atoms with E-state index in [1.54, 1.807) is 12.1 Å². The maximum absolute atomic E-state index is 13.4. The van der Waals surface area contributed by atoms with Crippen LogP contribution in [-0.4, -0.2) is 14.8 Å². The summed E-state index contributed by atoms with van der Waals surface area (Å²) in [7, 11) is 0. The Hall–Kier alpha value is -1.95. The molecule has 0 bridgehead atoms. The number of halogens is 1. The predicted octanol–water partition coefficient (Wildman–Crippen LogP) is 0.158. The molecule has 1 heterocycles. The van der Waals surface area contributed by atoms with Crippen molar-refractivity contribution in [3.05, 3.63) is 46.4 Å². The molecule has 1 aromatic carbocycles. The Kier molecular flexibility index (Phi) is 2.34. The molecule has 0 aliphatic heterocycles. The SMILES string of the molecule is NCc1n[nH]c(=O)n1-c1ccccc1F. The molecule has 0 radical (unpaired) electrons. The van der Waals surface area contributed by atoms with Crippen LogP contribution >= 0.6 is 0 Å². The van der Waals surface area contributed by atoms with Crippen LogP contribution in [0.3, 0.4) is 0 Å². The fourth-order valence-corrected chi connectivity index (χ4v) is 1.35. The third kappa shape index (κ3) is 1.55. The van der Waals surface area contributed by atoms with E-state index in [1.165, 1.54) is 12.1 Å². The molecule has 3 N–H and O–H groups in total. The number of aromatic nitrogens is 3. The van der Waals surface area contributed by atoms with Gasteiger partial charge in [0.05, 0.1) is 12.2 Å². The lowest BCUT2D eigenvalue weighted by atomic mass is 10.3. The average molecular weight is 208 g/mol. The summed E-state index contributed by atoms with van der Waals surface area (Å²) in [5.74, 6) is -0.194. The fraction of sp³-hybridized carbons (Fsp3) is 0.111. The van der Waals surface area contributed by atoms with Gasteiger partial charge in [-0.1, -0.05) is 12.1 Å². The molecule has 2 aromatic rings. The topological polar surface area (TPSA) is 76.7 Å². The quantitative estimate of drug-likeness (QED) is 0.738. The van der Waals surface area contributed by atoms with E-state index in [1.807, 2.05) is 0 Å². The summed E-state index contributed by atoms with van der Waals surface area (Å²) in [6.07, 6.45) is 0. The second-order valence-electron chi connectivity index (χ2n) is 2.94. The fourth-order valence-electron chi connectivity index (χ4n) is 1.35. The molecule has 15 heavy (non-hydrogen) atoms. The number of hydrogen-bond donors (Lipinski definition) is 2. The summed E-state index contributed by atoms with van der Waals surface area (Å²) in [4.78, 5) is 11.4. The molecule has 1 aromatic heterocycles. The van der Waals surface area contributed by atoms with Crippen molar-refractivity contribution in [2.75, 3.05) is 0 Å². The number of aromatic amines is 1. The highest BCUT2D eigenvalue weighted by atomic mass is 19.1. The highest BCUT2D eigenvalue weighted by molar-refractivity contribution is 5.33. The van der Waals surface area contributed by atoms with Crippen LogP contribution in [0.4, 0.5) is 4.39 Å². The highest BCUT2D eigenvalue weighted by Gasteiger charge is 2.11. The lowest BCUT2D eigenvalue weighted by molar-refractivity contribution is 0.613. The van der Waals surface area contributed by atoms with E-state index < -0.39 is 11.5 Å². The first-order valence-electron chi connectivity index (χ1n) is 4.35. The van der Waals surface area contributed by atoms with Crippen LogP contribution in [-0.2, 0) is 6.54 Å². The molecule has 0 fully saturated rings. The van der Waals surface area contributed by atoms with Crippen LogP contribution in [0, 0.1) is 5.82 Å². The number of nitrogens with two attached hydrogens (primary N) is 1. The Morgan fingerprint density at radius 2 is 2.20 bits per heavy atom. The monoisotopic (exact) mass is 208 g/mol. The van der Waals surface area contributed by atoms with Crippen molar-refractivity contribution >= 4 is 0 Å². The maximum atomic E-state index is 13.4. The summed E-state index contributed by atoms with van der Waals surface area (Å²) in [5.41, 5.74) is 5.04. The van der Waals surface area contributed by atoms with Crippen LogP contribution in [0.1, 0.15) is 5.82 Å². The third-order valence-corrected chi connectivity index (χ3v) is 2.02. The third-order valence-electron chi connectivity index (χ3n) is 2.02. The van der Waals surface area contributed by atoms with Gasteiger partial charge in [-0.15, -0.1) is 0 Å². The molecule has 6 heteroatoms. The van der Waals surface area contributed by atoms with E-state index in [2.05, 4.69) is 10.2 Å². The van der Waals surface area contributed by atoms with Crippen molar-refractivity contribution in [1.29, 1.82) is 0 Å². The van der Waals surface area contributed by atoms with E-state index in [0.717, 1.165) is 4.57 Å². The lowest BCUT2D eigenvalue weighted by Crippen LogP contribution is -2.19. The molecule has 0 amide bonds. The molecule has 0 spiro atoms. The number of rotatable bonds is 2. The van der Waals surface area contributed by atoms with E-state index >= 15 is 0 Å². The minimum absolute atomic E-state index is 0.0626. The van der Waals surface area contributed by atoms with Crippen LogP contribution in [0.2, 0.25) is 0 Å². The molecule has 0 saturated heterocycles. The molecule has 2 rings (SSSR count). The van der Waals surface area contributed by atoms with Crippen LogP contribution in [0.5, 0.6) is 0 Å². The van der Waals surface area contributed by atoms with E-state index in [4.69, 9.17) is 5.73 Å². The summed E-state index contributed by atoms with van der Waals surface area (Å²) in [6, 6.07) is 5.95.